The summed E-state index contributed by atoms with van der Waals surface area (Å²) in [6.45, 7) is 0.588. The Morgan fingerprint density at radius 1 is 1.44 bits per heavy atom. The summed E-state index contributed by atoms with van der Waals surface area (Å²) in [7, 11) is 0. The van der Waals surface area contributed by atoms with E-state index in [1.807, 2.05) is 6.07 Å². The van der Waals surface area contributed by atoms with Crippen LogP contribution < -0.4 is 10.1 Å². The minimum atomic E-state index is -0.331. The molecule has 0 bridgehead atoms. The fraction of sp³-hybridized carbons (Fsp3) is 0.417. The van der Waals surface area contributed by atoms with E-state index in [1.54, 1.807) is 6.07 Å². The maximum atomic E-state index is 13.2. The summed E-state index contributed by atoms with van der Waals surface area (Å²) in [5, 5.41) is 11.7. The number of hydrogen-bond donors (Lipinski definition) is 1. The predicted molar refractivity (Wildman–Crippen MR) is 57.4 cm³/mol. The van der Waals surface area contributed by atoms with Gasteiger partial charge in [-0.15, -0.1) is 0 Å². The van der Waals surface area contributed by atoms with Crippen molar-refractivity contribution in [2.75, 3.05) is 6.61 Å². The zero-order valence-electron chi connectivity index (χ0n) is 8.87. The number of ether oxygens (including phenoxy) is 1. The number of nitriles is 1. The molecule has 1 aliphatic rings. The van der Waals surface area contributed by atoms with Crippen LogP contribution in [0.2, 0.25) is 0 Å². The first kappa shape index (κ1) is 10.9. The SMILES string of the molecule is N#CCOc1cc(F)cc(CNC2CC2)c1. The van der Waals surface area contributed by atoms with Crippen LogP contribution in [-0.2, 0) is 6.54 Å². The largest absolute Gasteiger partial charge is 0.479 e. The van der Waals surface area contributed by atoms with Crippen LogP contribution in [0.3, 0.4) is 0 Å². The van der Waals surface area contributed by atoms with Crippen molar-refractivity contribution in [3.8, 4) is 11.8 Å². The van der Waals surface area contributed by atoms with Gasteiger partial charge in [0, 0.05) is 18.7 Å². The third kappa shape index (κ3) is 3.21. The number of benzene rings is 1. The summed E-state index contributed by atoms with van der Waals surface area (Å²) in [6, 6.07) is 6.97. The van der Waals surface area contributed by atoms with Crippen LogP contribution >= 0.6 is 0 Å². The first-order valence-corrected chi connectivity index (χ1v) is 5.30. The van der Waals surface area contributed by atoms with Gasteiger partial charge in [0.2, 0.25) is 0 Å². The Hall–Kier alpha value is -1.60. The highest BCUT2D eigenvalue weighted by Gasteiger charge is 2.20. The smallest absolute Gasteiger partial charge is 0.174 e. The molecular formula is C12H13FN2O. The summed E-state index contributed by atoms with van der Waals surface area (Å²) in [5.74, 6) is 0.0807. The van der Waals surface area contributed by atoms with Gasteiger partial charge in [0.25, 0.3) is 0 Å². The van der Waals surface area contributed by atoms with Crippen molar-refractivity contribution >= 4 is 0 Å². The van der Waals surface area contributed by atoms with Crippen molar-refractivity contribution in [1.29, 1.82) is 5.26 Å². The van der Waals surface area contributed by atoms with Crippen molar-refractivity contribution in [3.63, 3.8) is 0 Å². The fourth-order valence-corrected chi connectivity index (χ4v) is 1.47. The predicted octanol–water partition coefficient (Wildman–Crippen LogP) is 1.98. The molecule has 1 saturated carbocycles. The van der Waals surface area contributed by atoms with Crippen LogP contribution in [0.1, 0.15) is 18.4 Å². The van der Waals surface area contributed by atoms with Gasteiger partial charge < -0.3 is 10.1 Å². The normalized spacial score (nSPS) is 14.5. The van der Waals surface area contributed by atoms with E-state index in [0.717, 1.165) is 5.56 Å². The van der Waals surface area contributed by atoms with Gasteiger partial charge in [0.05, 0.1) is 0 Å². The second-order valence-electron chi connectivity index (χ2n) is 3.90. The van der Waals surface area contributed by atoms with Crippen LogP contribution in [0.5, 0.6) is 5.75 Å². The molecule has 2 rings (SSSR count). The van der Waals surface area contributed by atoms with Crippen LogP contribution in [-0.4, -0.2) is 12.6 Å². The van der Waals surface area contributed by atoms with Gasteiger partial charge >= 0.3 is 0 Å². The highest BCUT2D eigenvalue weighted by Crippen LogP contribution is 2.21. The lowest BCUT2D eigenvalue weighted by Crippen LogP contribution is -2.15. The Labute approximate surface area is 93.8 Å². The average molecular weight is 220 g/mol. The molecule has 0 aromatic heterocycles. The lowest BCUT2D eigenvalue weighted by Gasteiger charge is -2.07. The zero-order valence-corrected chi connectivity index (χ0v) is 8.87. The topological polar surface area (TPSA) is 45.0 Å². The summed E-state index contributed by atoms with van der Waals surface area (Å²) < 4.78 is 18.3. The zero-order chi connectivity index (χ0) is 11.4. The number of rotatable bonds is 5. The Morgan fingerprint density at radius 2 is 2.25 bits per heavy atom. The lowest BCUT2D eigenvalue weighted by atomic mass is 10.2. The van der Waals surface area contributed by atoms with Crippen molar-refractivity contribution < 1.29 is 9.13 Å². The van der Waals surface area contributed by atoms with E-state index in [9.17, 15) is 4.39 Å². The van der Waals surface area contributed by atoms with Crippen molar-refractivity contribution in [3.05, 3.63) is 29.6 Å². The van der Waals surface area contributed by atoms with Crippen LogP contribution in [0, 0.1) is 17.1 Å². The lowest BCUT2D eigenvalue weighted by molar-refractivity contribution is 0.365. The van der Waals surface area contributed by atoms with E-state index in [0.29, 0.717) is 18.3 Å². The molecule has 1 aromatic carbocycles. The molecule has 0 spiro atoms. The summed E-state index contributed by atoms with van der Waals surface area (Å²) in [5.41, 5.74) is 0.847. The molecular weight excluding hydrogens is 207 g/mol. The monoisotopic (exact) mass is 220 g/mol. The quantitative estimate of drug-likeness (QED) is 0.825. The van der Waals surface area contributed by atoms with E-state index in [4.69, 9.17) is 10.00 Å². The van der Waals surface area contributed by atoms with Crippen LogP contribution in [0.4, 0.5) is 4.39 Å². The Balaban J connectivity index is 1.99. The number of hydrogen-bond acceptors (Lipinski definition) is 3. The second-order valence-corrected chi connectivity index (χ2v) is 3.90. The number of nitrogens with zero attached hydrogens (tertiary/aromatic N) is 1. The molecule has 1 aromatic rings. The summed E-state index contributed by atoms with van der Waals surface area (Å²) in [4.78, 5) is 0. The van der Waals surface area contributed by atoms with Crippen molar-refractivity contribution in [1.82, 2.24) is 5.32 Å². The van der Waals surface area contributed by atoms with E-state index in [1.165, 1.54) is 25.0 Å². The van der Waals surface area contributed by atoms with Crippen molar-refractivity contribution in [2.24, 2.45) is 0 Å². The molecule has 0 amide bonds. The van der Waals surface area contributed by atoms with Gasteiger partial charge in [0.15, 0.2) is 6.61 Å². The molecule has 1 aliphatic carbocycles. The molecule has 0 atom stereocenters. The maximum absolute atomic E-state index is 13.2. The highest BCUT2D eigenvalue weighted by molar-refractivity contribution is 5.29. The summed E-state index contributed by atoms with van der Waals surface area (Å²) in [6.07, 6.45) is 2.40. The molecule has 0 saturated heterocycles. The number of halogens is 1. The molecule has 3 nitrogen and oxygen atoms in total. The van der Waals surface area contributed by atoms with Crippen molar-refractivity contribution in [2.45, 2.75) is 25.4 Å². The Morgan fingerprint density at radius 3 is 2.94 bits per heavy atom. The molecule has 84 valence electrons. The van der Waals surface area contributed by atoms with E-state index < -0.39 is 0 Å². The molecule has 0 unspecified atom stereocenters. The van der Waals surface area contributed by atoms with E-state index in [2.05, 4.69) is 5.32 Å². The van der Waals surface area contributed by atoms with Crippen LogP contribution in [0.25, 0.3) is 0 Å². The Kier molecular flexibility index (Phi) is 3.37. The maximum Gasteiger partial charge on any atom is 0.174 e. The van der Waals surface area contributed by atoms with Gasteiger partial charge in [-0.05, 0) is 30.5 Å². The first-order valence-electron chi connectivity index (χ1n) is 5.30. The average Bonchev–Trinajstić information content (AvgIpc) is 3.07. The highest BCUT2D eigenvalue weighted by atomic mass is 19.1. The fourth-order valence-electron chi connectivity index (χ4n) is 1.47. The molecule has 1 fully saturated rings. The molecule has 0 aliphatic heterocycles. The van der Waals surface area contributed by atoms with Gasteiger partial charge in [-0.25, -0.2) is 4.39 Å². The number of nitrogens with one attached hydrogen (secondary N) is 1. The first-order chi connectivity index (χ1) is 7.78. The minimum Gasteiger partial charge on any atom is -0.479 e. The molecule has 4 heteroatoms. The van der Waals surface area contributed by atoms with E-state index >= 15 is 0 Å². The van der Waals surface area contributed by atoms with Gasteiger partial charge in [-0.1, -0.05) is 0 Å². The van der Waals surface area contributed by atoms with Gasteiger partial charge in [-0.2, -0.15) is 5.26 Å². The molecule has 1 N–H and O–H groups in total. The standard InChI is InChI=1S/C12H13FN2O/c13-10-5-9(8-15-11-1-2-11)6-12(7-10)16-4-3-14/h5-7,11,15H,1-2,4,8H2. The van der Waals surface area contributed by atoms with E-state index in [-0.39, 0.29) is 12.4 Å². The third-order valence-corrected chi connectivity index (χ3v) is 2.41. The Bertz CT molecular complexity index is 410. The van der Waals surface area contributed by atoms with Gasteiger partial charge in [0.1, 0.15) is 17.6 Å². The minimum absolute atomic E-state index is 0.0566. The summed E-state index contributed by atoms with van der Waals surface area (Å²) >= 11 is 0. The molecule has 16 heavy (non-hydrogen) atoms. The molecule has 0 heterocycles. The molecule has 0 radical (unpaired) electrons. The van der Waals surface area contributed by atoms with Gasteiger partial charge in [-0.3, -0.25) is 0 Å². The second kappa shape index (κ2) is 4.95. The van der Waals surface area contributed by atoms with Crippen LogP contribution in [0.15, 0.2) is 18.2 Å². The third-order valence-electron chi connectivity index (χ3n) is 2.41.